The number of unbranched alkanes of at least 4 members (excludes halogenated alkanes) is 1. The molecule has 2 bridgehead atoms. The SMILES string of the molecule is C=CCCCOC(=O)[C@@H]1[C@H]2C(=O)N([C@@H](CO)[C@@H](C)CC)C(C(=O)N(CC=C)C(C)CCC)C23CC[C@H]1S3. The molecule has 0 aromatic carbocycles. The first kappa shape index (κ1) is 29.8. The van der Waals surface area contributed by atoms with Crippen molar-refractivity contribution in [3.05, 3.63) is 25.3 Å². The van der Waals surface area contributed by atoms with Gasteiger partial charge in [0.15, 0.2) is 0 Å². The number of amides is 2. The first-order valence-electron chi connectivity index (χ1n) is 14.0. The molecule has 0 aliphatic carbocycles. The number of carbonyl (C=O) groups excluding carboxylic acids is 3. The van der Waals surface area contributed by atoms with Crippen molar-refractivity contribution in [2.45, 2.75) is 101 Å². The van der Waals surface area contributed by atoms with Crippen molar-refractivity contribution in [2.24, 2.45) is 17.8 Å². The molecule has 0 aromatic heterocycles. The summed E-state index contributed by atoms with van der Waals surface area (Å²) >= 11 is 1.65. The third-order valence-corrected chi connectivity index (χ3v) is 10.7. The number of aliphatic hydroxyl groups is 1. The fraction of sp³-hybridized carbons (Fsp3) is 0.759. The molecule has 0 aromatic rings. The lowest BCUT2D eigenvalue weighted by Crippen LogP contribution is -2.59. The van der Waals surface area contributed by atoms with Gasteiger partial charge in [-0.05, 0) is 44.9 Å². The van der Waals surface area contributed by atoms with Crippen LogP contribution in [-0.4, -0.2) is 80.6 Å². The van der Waals surface area contributed by atoms with Crippen LogP contribution in [0.5, 0.6) is 0 Å². The van der Waals surface area contributed by atoms with Crippen molar-refractivity contribution in [1.82, 2.24) is 9.80 Å². The summed E-state index contributed by atoms with van der Waals surface area (Å²) in [4.78, 5) is 45.6. The second kappa shape index (κ2) is 12.8. The molecule has 3 rings (SSSR count). The minimum atomic E-state index is -0.719. The topological polar surface area (TPSA) is 87.1 Å². The van der Waals surface area contributed by atoms with Crippen LogP contribution in [0.3, 0.4) is 0 Å². The van der Waals surface area contributed by atoms with E-state index in [1.165, 1.54) is 0 Å². The van der Waals surface area contributed by atoms with Crippen LogP contribution in [-0.2, 0) is 19.1 Å². The Hall–Kier alpha value is -1.80. The van der Waals surface area contributed by atoms with Gasteiger partial charge < -0.3 is 19.6 Å². The molecule has 1 spiro atoms. The number of fused-ring (bicyclic) bond motifs is 1. The van der Waals surface area contributed by atoms with Crippen LogP contribution in [0, 0.1) is 17.8 Å². The van der Waals surface area contributed by atoms with Crippen LogP contribution in [0.25, 0.3) is 0 Å². The van der Waals surface area contributed by atoms with E-state index in [1.54, 1.807) is 28.8 Å². The van der Waals surface area contributed by atoms with Crippen LogP contribution in [0.15, 0.2) is 25.3 Å². The number of esters is 1. The molecule has 3 heterocycles. The van der Waals surface area contributed by atoms with Crippen molar-refractivity contribution >= 4 is 29.5 Å². The van der Waals surface area contributed by atoms with Crippen LogP contribution in [0.1, 0.15) is 72.6 Å². The van der Waals surface area contributed by atoms with E-state index in [-0.39, 0.29) is 41.6 Å². The average molecular weight is 535 g/mol. The molecule has 3 unspecified atom stereocenters. The summed E-state index contributed by atoms with van der Waals surface area (Å²) in [6.07, 6.45) is 9.02. The Bertz CT molecular complexity index is 865. The second-order valence-electron chi connectivity index (χ2n) is 11.0. The number of carbonyl (C=O) groups is 3. The normalized spacial score (nSPS) is 30.5. The van der Waals surface area contributed by atoms with Crippen molar-refractivity contribution in [1.29, 1.82) is 0 Å². The van der Waals surface area contributed by atoms with Gasteiger partial charge in [0.1, 0.15) is 6.04 Å². The molecular weight excluding hydrogens is 488 g/mol. The third kappa shape index (κ3) is 5.38. The molecule has 7 nitrogen and oxygen atoms in total. The van der Waals surface area contributed by atoms with Crippen LogP contribution >= 0.6 is 11.8 Å². The number of allylic oxidation sites excluding steroid dienone is 1. The van der Waals surface area contributed by atoms with E-state index in [0.29, 0.717) is 26.0 Å². The van der Waals surface area contributed by atoms with Gasteiger partial charge in [-0.25, -0.2) is 0 Å². The predicted octanol–water partition coefficient (Wildman–Crippen LogP) is 4.20. The van der Waals surface area contributed by atoms with Crippen molar-refractivity contribution in [2.75, 3.05) is 19.8 Å². The number of nitrogens with zero attached hydrogens (tertiary/aromatic N) is 2. The fourth-order valence-corrected chi connectivity index (χ4v) is 8.85. The molecule has 2 amide bonds. The van der Waals surface area contributed by atoms with Crippen molar-refractivity contribution < 1.29 is 24.2 Å². The summed E-state index contributed by atoms with van der Waals surface area (Å²) in [5, 5.41) is 10.4. The molecule has 8 atom stereocenters. The number of thioether (sulfide) groups is 1. The van der Waals surface area contributed by atoms with E-state index in [2.05, 4.69) is 20.1 Å². The van der Waals surface area contributed by atoms with E-state index < -0.39 is 28.7 Å². The molecule has 8 heteroatoms. The van der Waals surface area contributed by atoms with Crippen LogP contribution < -0.4 is 0 Å². The summed E-state index contributed by atoms with van der Waals surface area (Å²) in [7, 11) is 0. The zero-order valence-corrected chi connectivity index (χ0v) is 23.9. The maximum Gasteiger partial charge on any atom is 0.310 e. The lowest BCUT2D eigenvalue weighted by molar-refractivity contribution is -0.155. The summed E-state index contributed by atoms with van der Waals surface area (Å²) in [5.74, 6) is -1.77. The number of aliphatic hydroxyl groups excluding tert-OH is 1. The number of ether oxygens (including phenoxy) is 1. The molecule has 1 N–H and O–H groups in total. The van der Waals surface area contributed by atoms with Crippen LogP contribution in [0.2, 0.25) is 0 Å². The molecule has 3 aliphatic rings. The maximum absolute atomic E-state index is 14.4. The van der Waals surface area contributed by atoms with E-state index in [9.17, 15) is 19.5 Å². The first-order valence-corrected chi connectivity index (χ1v) is 14.9. The minimum absolute atomic E-state index is 0.00620. The standard InChI is InChI=1S/C29H46N2O5S/c1-7-11-12-17-36-28(35)23-22-14-15-29(37-22)24(23)26(33)31(21(18-32)19(5)10-4)25(29)27(34)30(16-9-3)20(6)13-8-2/h7,9,19-25,32H,1,3,8,10-18H2,2,4-6H3/t19-,20?,21-,22+,23-,24-,25?,29?/m0/s1. The monoisotopic (exact) mass is 534 g/mol. The molecule has 3 fully saturated rings. The molecule has 0 radical (unpaired) electrons. The maximum atomic E-state index is 14.4. The zero-order valence-electron chi connectivity index (χ0n) is 23.1. The van der Waals surface area contributed by atoms with E-state index in [4.69, 9.17) is 4.74 Å². The Labute approximate surface area is 227 Å². The van der Waals surface area contributed by atoms with Gasteiger partial charge in [-0.1, -0.05) is 45.8 Å². The Kier molecular flexibility index (Phi) is 10.3. The van der Waals surface area contributed by atoms with Gasteiger partial charge in [-0.2, -0.15) is 0 Å². The summed E-state index contributed by atoms with van der Waals surface area (Å²) in [6, 6.07) is -1.21. The molecule has 3 aliphatic heterocycles. The van der Waals surface area contributed by atoms with Gasteiger partial charge in [0.2, 0.25) is 11.8 Å². The quantitative estimate of drug-likeness (QED) is 0.193. The molecule has 208 valence electrons. The zero-order chi connectivity index (χ0) is 27.3. The minimum Gasteiger partial charge on any atom is -0.465 e. The molecule has 37 heavy (non-hydrogen) atoms. The molecule has 3 saturated heterocycles. The summed E-state index contributed by atoms with van der Waals surface area (Å²) < 4.78 is 4.96. The van der Waals surface area contributed by atoms with E-state index >= 15 is 0 Å². The molecular formula is C29H46N2O5S. The highest BCUT2D eigenvalue weighted by molar-refractivity contribution is 8.02. The largest absolute Gasteiger partial charge is 0.465 e. The van der Waals surface area contributed by atoms with Gasteiger partial charge in [-0.15, -0.1) is 24.9 Å². The Balaban J connectivity index is 2.04. The fourth-order valence-electron chi connectivity index (χ4n) is 6.66. The van der Waals surface area contributed by atoms with Gasteiger partial charge in [0.25, 0.3) is 0 Å². The first-order chi connectivity index (χ1) is 17.7. The highest BCUT2D eigenvalue weighted by Gasteiger charge is 2.75. The highest BCUT2D eigenvalue weighted by atomic mass is 32.2. The predicted molar refractivity (Wildman–Crippen MR) is 148 cm³/mol. The van der Waals surface area contributed by atoms with Gasteiger partial charge in [-0.3, -0.25) is 14.4 Å². The van der Waals surface area contributed by atoms with E-state index in [0.717, 1.165) is 32.1 Å². The highest BCUT2D eigenvalue weighted by Crippen LogP contribution is 2.67. The third-order valence-electron chi connectivity index (χ3n) is 8.73. The number of likely N-dealkylation sites (tertiary alicyclic amines) is 1. The smallest absolute Gasteiger partial charge is 0.310 e. The average Bonchev–Trinajstić information content (AvgIpc) is 3.53. The van der Waals surface area contributed by atoms with Gasteiger partial charge >= 0.3 is 5.97 Å². The molecule has 0 saturated carbocycles. The van der Waals surface area contributed by atoms with Gasteiger partial charge in [0, 0.05) is 17.8 Å². The van der Waals surface area contributed by atoms with Crippen molar-refractivity contribution in [3.63, 3.8) is 0 Å². The number of rotatable bonds is 15. The summed E-state index contributed by atoms with van der Waals surface area (Å²) in [5.41, 5.74) is 0. The Morgan fingerprint density at radius 3 is 2.62 bits per heavy atom. The Morgan fingerprint density at radius 2 is 2.03 bits per heavy atom. The van der Waals surface area contributed by atoms with E-state index in [1.807, 2.05) is 25.7 Å². The Morgan fingerprint density at radius 1 is 1.30 bits per heavy atom. The van der Waals surface area contributed by atoms with Crippen LogP contribution in [0.4, 0.5) is 0 Å². The second-order valence-corrected chi connectivity index (χ2v) is 12.6. The lowest BCUT2D eigenvalue weighted by Gasteiger charge is -2.42. The lowest BCUT2D eigenvalue weighted by atomic mass is 9.71. The number of hydrogen-bond donors (Lipinski definition) is 1. The van der Waals surface area contributed by atoms with Crippen molar-refractivity contribution in [3.8, 4) is 0 Å². The number of hydrogen-bond acceptors (Lipinski definition) is 6. The summed E-state index contributed by atoms with van der Waals surface area (Å²) in [6.45, 7) is 16.3. The van der Waals surface area contributed by atoms with Gasteiger partial charge in [0.05, 0.1) is 35.8 Å².